The van der Waals surface area contributed by atoms with Crippen molar-refractivity contribution in [3.8, 4) is 0 Å². The molecular weight excluding hydrogens is 260 g/mol. The van der Waals surface area contributed by atoms with E-state index in [0.717, 1.165) is 35.3 Å². The Morgan fingerprint density at radius 2 is 2.10 bits per heavy atom. The topological polar surface area (TPSA) is 26.3 Å². The molecule has 0 radical (unpaired) electrons. The maximum Gasteiger partial charge on any atom is 0.150 e. The molecule has 0 aliphatic heterocycles. The molecule has 2 heteroatoms. The quantitative estimate of drug-likeness (QED) is 0.751. The van der Waals surface area contributed by atoms with Crippen LogP contribution in [0, 0.1) is 12.8 Å². The van der Waals surface area contributed by atoms with Crippen LogP contribution < -0.4 is 0 Å². The molecule has 3 rings (SSSR count). The van der Waals surface area contributed by atoms with Gasteiger partial charge >= 0.3 is 0 Å². The first-order valence-corrected chi connectivity index (χ1v) is 7.77. The molecule has 2 atom stereocenters. The summed E-state index contributed by atoms with van der Waals surface area (Å²) in [6, 6.07) is 5.98. The molecular formula is C19H22O2. The molecule has 0 bridgehead atoms. The van der Waals surface area contributed by atoms with Crippen LogP contribution in [0.25, 0.3) is 5.57 Å². The number of hydrogen-bond acceptors (Lipinski definition) is 2. The second kappa shape index (κ2) is 5.98. The van der Waals surface area contributed by atoms with Gasteiger partial charge in [0.2, 0.25) is 0 Å². The lowest BCUT2D eigenvalue weighted by atomic mass is 9.95. The third-order valence-electron chi connectivity index (χ3n) is 4.30. The lowest BCUT2D eigenvalue weighted by molar-refractivity contribution is 0.0131. The molecule has 2 unspecified atom stereocenters. The van der Waals surface area contributed by atoms with Crippen molar-refractivity contribution in [3.05, 3.63) is 53.1 Å². The lowest BCUT2D eigenvalue weighted by Gasteiger charge is -2.21. The summed E-state index contributed by atoms with van der Waals surface area (Å²) >= 11 is 0. The minimum atomic E-state index is 0.194. The molecule has 1 fully saturated rings. The van der Waals surface area contributed by atoms with Crippen LogP contribution in [0.4, 0.5) is 0 Å². The molecule has 0 amide bonds. The monoisotopic (exact) mass is 282 g/mol. The van der Waals surface area contributed by atoms with E-state index in [4.69, 9.17) is 4.74 Å². The van der Waals surface area contributed by atoms with Crippen LogP contribution in [0.15, 0.2) is 36.4 Å². The summed E-state index contributed by atoms with van der Waals surface area (Å²) in [5.41, 5.74) is 4.15. The van der Waals surface area contributed by atoms with Crippen molar-refractivity contribution >= 4 is 11.9 Å². The molecule has 2 aliphatic carbocycles. The minimum Gasteiger partial charge on any atom is -0.371 e. The molecule has 0 N–H and O–H groups in total. The number of benzene rings is 1. The normalized spacial score (nSPS) is 22.8. The van der Waals surface area contributed by atoms with Crippen molar-refractivity contribution in [3.63, 3.8) is 0 Å². The van der Waals surface area contributed by atoms with Crippen LogP contribution in [0.1, 0.15) is 47.7 Å². The highest BCUT2D eigenvalue weighted by Gasteiger charge is 2.30. The van der Waals surface area contributed by atoms with Crippen LogP contribution in [-0.4, -0.2) is 18.5 Å². The van der Waals surface area contributed by atoms with Gasteiger partial charge in [0.15, 0.2) is 0 Å². The highest BCUT2D eigenvalue weighted by atomic mass is 16.5. The number of hydrogen-bond donors (Lipinski definition) is 0. The van der Waals surface area contributed by atoms with Gasteiger partial charge in [0.05, 0.1) is 12.2 Å². The number of aldehydes is 1. The Morgan fingerprint density at radius 1 is 1.29 bits per heavy atom. The van der Waals surface area contributed by atoms with Crippen molar-refractivity contribution in [1.29, 1.82) is 0 Å². The Morgan fingerprint density at radius 3 is 2.71 bits per heavy atom. The SMILES string of the molecule is Cc1cc(C=O)cc(C2=CCC(OC(C)C3CC3)C=C2)c1. The molecule has 1 saturated carbocycles. The Kier molecular flexibility index (Phi) is 4.07. The molecule has 0 aromatic heterocycles. The first kappa shape index (κ1) is 14.3. The van der Waals surface area contributed by atoms with Crippen LogP contribution in [0.3, 0.4) is 0 Å². The van der Waals surface area contributed by atoms with Crippen molar-refractivity contribution in [2.24, 2.45) is 5.92 Å². The van der Waals surface area contributed by atoms with E-state index in [1.807, 2.05) is 19.1 Å². The van der Waals surface area contributed by atoms with Gasteiger partial charge in [0.1, 0.15) is 6.29 Å². The highest BCUT2D eigenvalue weighted by Crippen LogP contribution is 2.35. The standard InChI is InChI=1S/C19H22O2/c1-13-9-15(12-20)11-18(10-13)17-5-7-19(8-6-17)21-14(2)16-3-4-16/h5-7,9-12,14,16,19H,3-4,8H2,1-2H3. The fraction of sp³-hybridized carbons (Fsp3) is 0.421. The largest absolute Gasteiger partial charge is 0.371 e. The summed E-state index contributed by atoms with van der Waals surface area (Å²) in [4.78, 5) is 11.0. The van der Waals surface area contributed by atoms with Gasteiger partial charge in [0, 0.05) is 5.56 Å². The Hall–Kier alpha value is -1.67. The fourth-order valence-electron chi connectivity index (χ4n) is 2.92. The van der Waals surface area contributed by atoms with Crippen molar-refractivity contribution in [2.45, 2.75) is 45.3 Å². The first-order chi connectivity index (χ1) is 10.2. The van der Waals surface area contributed by atoms with Gasteiger partial charge in [-0.25, -0.2) is 0 Å². The molecule has 1 aromatic carbocycles. The van der Waals surface area contributed by atoms with Crippen LogP contribution in [0.5, 0.6) is 0 Å². The van der Waals surface area contributed by atoms with E-state index in [0.29, 0.717) is 6.10 Å². The maximum atomic E-state index is 11.0. The number of aryl methyl sites for hydroxylation is 1. The second-order valence-electron chi connectivity index (χ2n) is 6.22. The molecule has 2 nitrogen and oxygen atoms in total. The van der Waals surface area contributed by atoms with Crippen molar-refractivity contribution < 1.29 is 9.53 Å². The van der Waals surface area contributed by atoms with E-state index >= 15 is 0 Å². The molecule has 21 heavy (non-hydrogen) atoms. The third kappa shape index (κ3) is 3.51. The average molecular weight is 282 g/mol. The predicted molar refractivity (Wildman–Crippen MR) is 85.4 cm³/mol. The summed E-state index contributed by atoms with van der Waals surface area (Å²) in [5.74, 6) is 0.774. The lowest BCUT2D eigenvalue weighted by Crippen LogP contribution is -2.20. The number of carbonyl (C=O) groups is 1. The summed E-state index contributed by atoms with van der Waals surface area (Å²) in [7, 11) is 0. The van der Waals surface area contributed by atoms with Crippen LogP contribution >= 0.6 is 0 Å². The van der Waals surface area contributed by atoms with Gasteiger partial charge < -0.3 is 4.74 Å². The molecule has 0 heterocycles. The molecule has 0 saturated heterocycles. The Balaban J connectivity index is 1.68. The van der Waals surface area contributed by atoms with E-state index in [1.165, 1.54) is 18.4 Å². The minimum absolute atomic E-state index is 0.194. The van der Waals surface area contributed by atoms with E-state index in [1.54, 1.807) is 0 Å². The molecule has 110 valence electrons. The van der Waals surface area contributed by atoms with Gasteiger partial charge in [-0.05, 0) is 67.9 Å². The molecule has 2 aliphatic rings. The van der Waals surface area contributed by atoms with E-state index in [-0.39, 0.29) is 6.10 Å². The summed E-state index contributed by atoms with van der Waals surface area (Å²) in [6.07, 6.45) is 11.5. The number of rotatable bonds is 5. The zero-order chi connectivity index (χ0) is 14.8. The van der Waals surface area contributed by atoms with Crippen molar-refractivity contribution in [1.82, 2.24) is 0 Å². The van der Waals surface area contributed by atoms with Crippen LogP contribution in [-0.2, 0) is 4.74 Å². The summed E-state index contributed by atoms with van der Waals surface area (Å²) in [6.45, 7) is 4.20. The van der Waals surface area contributed by atoms with Crippen molar-refractivity contribution in [2.75, 3.05) is 0 Å². The maximum absolute atomic E-state index is 11.0. The summed E-state index contributed by atoms with van der Waals surface area (Å²) < 4.78 is 6.08. The second-order valence-corrected chi connectivity index (χ2v) is 6.22. The third-order valence-corrected chi connectivity index (χ3v) is 4.30. The van der Waals surface area contributed by atoms with Gasteiger partial charge in [-0.15, -0.1) is 0 Å². The van der Waals surface area contributed by atoms with Crippen LogP contribution in [0.2, 0.25) is 0 Å². The number of carbonyl (C=O) groups excluding carboxylic acids is 1. The van der Waals surface area contributed by atoms with Gasteiger partial charge in [-0.1, -0.05) is 24.3 Å². The number of ether oxygens (including phenoxy) is 1. The van der Waals surface area contributed by atoms with E-state index in [9.17, 15) is 4.79 Å². The number of allylic oxidation sites excluding steroid dienone is 2. The Bertz CT molecular complexity index is 594. The van der Waals surface area contributed by atoms with Gasteiger partial charge in [-0.3, -0.25) is 4.79 Å². The first-order valence-electron chi connectivity index (χ1n) is 7.77. The average Bonchev–Trinajstić information content (AvgIpc) is 3.32. The fourth-order valence-corrected chi connectivity index (χ4v) is 2.92. The van der Waals surface area contributed by atoms with Gasteiger partial charge in [-0.2, -0.15) is 0 Å². The Labute approximate surface area is 126 Å². The zero-order valence-electron chi connectivity index (χ0n) is 12.7. The zero-order valence-corrected chi connectivity index (χ0v) is 12.7. The van der Waals surface area contributed by atoms with E-state index in [2.05, 4.69) is 31.2 Å². The highest BCUT2D eigenvalue weighted by molar-refractivity contribution is 5.81. The van der Waals surface area contributed by atoms with Gasteiger partial charge in [0.25, 0.3) is 0 Å². The van der Waals surface area contributed by atoms with E-state index < -0.39 is 0 Å². The summed E-state index contributed by atoms with van der Waals surface area (Å²) in [5, 5.41) is 0. The predicted octanol–water partition coefficient (Wildman–Crippen LogP) is 4.33. The smallest absolute Gasteiger partial charge is 0.150 e. The molecule has 0 spiro atoms. The molecule has 1 aromatic rings.